The first-order valence-electron chi connectivity index (χ1n) is 4.05. The van der Waals surface area contributed by atoms with E-state index in [1.807, 2.05) is 6.92 Å². The van der Waals surface area contributed by atoms with Gasteiger partial charge < -0.3 is 5.32 Å². The molecule has 0 radical (unpaired) electrons. The minimum atomic E-state index is 0.613. The summed E-state index contributed by atoms with van der Waals surface area (Å²) in [5, 5.41) is 3.21. The standard InChI is InChI=1S/C10H19N/c1-7(2)9(5)10(6)11-8(3)4/h7,11H,3H2,1-2,4-6H3/b10-9+. The van der Waals surface area contributed by atoms with Gasteiger partial charge in [0.25, 0.3) is 0 Å². The maximum atomic E-state index is 3.79. The third-order valence-corrected chi connectivity index (χ3v) is 1.86. The molecule has 0 bridgehead atoms. The smallest absolute Gasteiger partial charge is 0.0108 e. The van der Waals surface area contributed by atoms with Crippen molar-refractivity contribution in [1.29, 1.82) is 0 Å². The van der Waals surface area contributed by atoms with Crippen LogP contribution in [0, 0.1) is 5.92 Å². The van der Waals surface area contributed by atoms with Crippen LogP contribution in [-0.2, 0) is 0 Å². The van der Waals surface area contributed by atoms with E-state index in [4.69, 9.17) is 0 Å². The lowest BCUT2D eigenvalue weighted by Gasteiger charge is -2.12. The second-order valence-corrected chi connectivity index (χ2v) is 3.37. The quantitative estimate of drug-likeness (QED) is 0.657. The predicted octanol–water partition coefficient (Wildman–Crippen LogP) is 3.06. The summed E-state index contributed by atoms with van der Waals surface area (Å²) in [6, 6.07) is 0. The van der Waals surface area contributed by atoms with Crippen molar-refractivity contribution in [2.24, 2.45) is 5.92 Å². The summed E-state index contributed by atoms with van der Waals surface area (Å²) in [4.78, 5) is 0. The lowest BCUT2D eigenvalue weighted by molar-refractivity contribution is 0.738. The molecule has 0 saturated heterocycles. The highest BCUT2D eigenvalue weighted by molar-refractivity contribution is 5.13. The van der Waals surface area contributed by atoms with Crippen LogP contribution in [0.5, 0.6) is 0 Å². The van der Waals surface area contributed by atoms with Crippen LogP contribution in [0.3, 0.4) is 0 Å². The van der Waals surface area contributed by atoms with E-state index in [0.29, 0.717) is 5.92 Å². The van der Waals surface area contributed by atoms with Gasteiger partial charge in [0, 0.05) is 11.4 Å². The SMILES string of the molecule is C=C(C)N/C(C)=C(\C)C(C)C. The Morgan fingerprint density at radius 3 is 1.91 bits per heavy atom. The molecule has 0 amide bonds. The highest BCUT2D eigenvalue weighted by Crippen LogP contribution is 2.12. The summed E-state index contributed by atoms with van der Waals surface area (Å²) in [7, 11) is 0. The van der Waals surface area contributed by atoms with Gasteiger partial charge in [-0.15, -0.1) is 0 Å². The molecule has 0 aliphatic heterocycles. The van der Waals surface area contributed by atoms with E-state index in [1.165, 1.54) is 11.3 Å². The topological polar surface area (TPSA) is 12.0 Å². The molecule has 1 N–H and O–H groups in total. The average Bonchev–Trinajstić information content (AvgIpc) is 1.84. The van der Waals surface area contributed by atoms with Crippen molar-refractivity contribution in [3.8, 4) is 0 Å². The molecular weight excluding hydrogens is 134 g/mol. The van der Waals surface area contributed by atoms with Crippen molar-refractivity contribution in [2.45, 2.75) is 34.6 Å². The van der Waals surface area contributed by atoms with Crippen molar-refractivity contribution < 1.29 is 0 Å². The molecule has 1 heteroatoms. The van der Waals surface area contributed by atoms with E-state index in [-0.39, 0.29) is 0 Å². The largest absolute Gasteiger partial charge is 0.363 e. The van der Waals surface area contributed by atoms with Gasteiger partial charge in [-0.1, -0.05) is 26.0 Å². The van der Waals surface area contributed by atoms with Gasteiger partial charge in [-0.05, 0) is 26.7 Å². The fraction of sp³-hybridized carbons (Fsp3) is 0.600. The van der Waals surface area contributed by atoms with Gasteiger partial charge in [0.05, 0.1) is 0 Å². The Balaban J connectivity index is 4.28. The van der Waals surface area contributed by atoms with Gasteiger partial charge in [-0.25, -0.2) is 0 Å². The third-order valence-electron chi connectivity index (χ3n) is 1.86. The van der Waals surface area contributed by atoms with Crippen LogP contribution in [0.4, 0.5) is 0 Å². The van der Waals surface area contributed by atoms with Crippen LogP contribution in [0.15, 0.2) is 23.5 Å². The van der Waals surface area contributed by atoms with E-state index < -0.39 is 0 Å². The van der Waals surface area contributed by atoms with Gasteiger partial charge in [-0.3, -0.25) is 0 Å². The molecule has 0 aromatic heterocycles. The second-order valence-electron chi connectivity index (χ2n) is 3.37. The molecule has 0 aromatic rings. The van der Waals surface area contributed by atoms with Crippen LogP contribution in [0.25, 0.3) is 0 Å². The molecule has 0 aliphatic rings. The molecule has 0 unspecified atom stereocenters. The lowest BCUT2D eigenvalue weighted by Crippen LogP contribution is -2.10. The predicted molar refractivity (Wildman–Crippen MR) is 51.2 cm³/mol. The number of hydrogen-bond acceptors (Lipinski definition) is 1. The lowest BCUT2D eigenvalue weighted by atomic mass is 10.0. The van der Waals surface area contributed by atoms with E-state index in [2.05, 4.69) is 39.6 Å². The zero-order valence-electron chi connectivity index (χ0n) is 8.28. The Bertz CT molecular complexity index is 175. The Labute approximate surface area is 70.2 Å². The van der Waals surface area contributed by atoms with Gasteiger partial charge in [-0.2, -0.15) is 0 Å². The maximum absolute atomic E-state index is 3.79. The zero-order valence-corrected chi connectivity index (χ0v) is 8.28. The van der Waals surface area contributed by atoms with E-state index in [0.717, 1.165) is 5.70 Å². The Morgan fingerprint density at radius 1 is 1.18 bits per heavy atom. The summed E-state index contributed by atoms with van der Waals surface area (Å²) >= 11 is 0. The highest BCUT2D eigenvalue weighted by Gasteiger charge is 2.00. The summed E-state index contributed by atoms with van der Waals surface area (Å²) < 4.78 is 0. The van der Waals surface area contributed by atoms with Crippen LogP contribution in [0.1, 0.15) is 34.6 Å². The van der Waals surface area contributed by atoms with Crippen molar-refractivity contribution in [3.63, 3.8) is 0 Å². The van der Waals surface area contributed by atoms with Crippen molar-refractivity contribution in [3.05, 3.63) is 23.5 Å². The normalized spacial score (nSPS) is 12.9. The van der Waals surface area contributed by atoms with Gasteiger partial charge in [0.15, 0.2) is 0 Å². The molecule has 0 heterocycles. The van der Waals surface area contributed by atoms with E-state index in [1.54, 1.807) is 0 Å². The van der Waals surface area contributed by atoms with Crippen LogP contribution >= 0.6 is 0 Å². The molecule has 11 heavy (non-hydrogen) atoms. The Morgan fingerprint density at radius 2 is 1.64 bits per heavy atom. The molecule has 0 rings (SSSR count). The number of allylic oxidation sites excluding steroid dienone is 3. The minimum absolute atomic E-state index is 0.613. The van der Waals surface area contributed by atoms with Gasteiger partial charge >= 0.3 is 0 Å². The molecule has 0 saturated carbocycles. The van der Waals surface area contributed by atoms with E-state index in [9.17, 15) is 0 Å². The molecule has 64 valence electrons. The maximum Gasteiger partial charge on any atom is 0.0108 e. The van der Waals surface area contributed by atoms with Crippen LogP contribution in [0.2, 0.25) is 0 Å². The van der Waals surface area contributed by atoms with Crippen LogP contribution < -0.4 is 5.32 Å². The fourth-order valence-corrected chi connectivity index (χ4v) is 0.852. The molecule has 0 spiro atoms. The minimum Gasteiger partial charge on any atom is -0.363 e. The Hall–Kier alpha value is -0.720. The van der Waals surface area contributed by atoms with Crippen molar-refractivity contribution in [2.75, 3.05) is 0 Å². The van der Waals surface area contributed by atoms with Crippen molar-refractivity contribution in [1.82, 2.24) is 5.32 Å². The molecule has 0 aliphatic carbocycles. The summed E-state index contributed by atoms with van der Waals surface area (Å²) in [6.07, 6.45) is 0. The Kier molecular flexibility index (Phi) is 3.94. The summed E-state index contributed by atoms with van der Waals surface area (Å²) in [5.41, 5.74) is 3.63. The highest BCUT2D eigenvalue weighted by atomic mass is 14.9. The number of nitrogens with one attached hydrogen (secondary N) is 1. The monoisotopic (exact) mass is 153 g/mol. The van der Waals surface area contributed by atoms with Gasteiger partial charge in [0.2, 0.25) is 0 Å². The second kappa shape index (κ2) is 4.22. The van der Waals surface area contributed by atoms with Crippen molar-refractivity contribution >= 4 is 0 Å². The molecule has 1 nitrogen and oxygen atoms in total. The first-order valence-corrected chi connectivity index (χ1v) is 4.05. The summed E-state index contributed by atoms with van der Waals surface area (Å²) in [6.45, 7) is 14.4. The van der Waals surface area contributed by atoms with Gasteiger partial charge in [0.1, 0.15) is 0 Å². The average molecular weight is 153 g/mol. The summed E-state index contributed by atoms with van der Waals surface area (Å²) in [5.74, 6) is 0.613. The molecule has 0 aromatic carbocycles. The molecule has 0 fully saturated rings. The van der Waals surface area contributed by atoms with Crippen LogP contribution in [-0.4, -0.2) is 0 Å². The third kappa shape index (κ3) is 3.87. The number of rotatable bonds is 3. The first kappa shape index (κ1) is 10.3. The zero-order chi connectivity index (χ0) is 9.02. The van der Waals surface area contributed by atoms with E-state index >= 15 is 0 Å². The fourth-order valence-electron chi connectivity index (χ4n) is 0.852. The molecule has 0 atom stereocenters. The number of hydrogen-bond donors (Lipinski definition) is 1. The molecular formula is C10H19N. The first-order chi connectivity index (χ1) is 4.95.